The lowest BCUT2D eigenvalue weighted by atomic mass is 10.1. The van der Waals surface area contributed by atoms with E-state index < -0.39 is 11.4 Å². The summed E-state index contributed by atoms with van der Waals surface area (Å²) in [6.07, 6.45) is 4.48. The number of hydrogen-bond donors (Lipinski definition) is 0. The molecule has 1 unspecified atom stereocenters. The zero-order valence-electron chi connectivity index (χ0n) is 24.5. The van der Waals surface area contributed by atoms with Crippen molar-refractivity contribution in [1.82, 2.24) is 14.8 Å². The molecule has 10 heteroatoms. The molecular weight excluding hydrogens is 555 g/mol. The van der Waals surface area contributed by atoms with Gasteiger partial charge in [0.15, 0.2) is 10.0 Å². The van der Waals surface area contributed by atoms with Crippen LogP contribution >= 0.6 is 11.3 Å². The first-order valence-corrected chi connectivity index (χ1v) is 16.3. The van der Waals surface area contributed by atoms with Crippen LogP contribution in [0.25, 0.3) is 11.3 Å². The minimum atomic E-state index is -1.69. The second-order valence-corrected chi connectivity index (χ2v) is 12.7. The SMILES string of the molecule is CCCCCc1ccc([S+]([O-])N(C(C)=O)c2cccc(-c3csc(N(CCN4CCN(C)CC4)C(C)=O)n3)c2)cc1. The number of carbonyl (C=O) groups excluding carboxylic acids is 2. The number of carbonyl (C=O) groups is 2. The van der Waals surface area contributed by atoms with Crippen LogP contribution in [-0.2, 0) is 27.4 Å². The molecule has 0 N–H and O–H groups in total. The first-order valence-electron chi connectivity index (χ1n) is 14.3. The minimum Gasteiger partial charge on any atom is -0.587 e. The van der Waals surface area contributed by atoms with E-state index in [-0.39, 0.29) is 11.8 Å². The van der Waals surface area contributed by atoms with Gasteiger partial charge in [-0.25, -0.2) is 4.98 Å². The summed E-state index contributed by atoms with van der Waals surface area (Å²) >= 11 is -0.267. The molecule has 2 amide bonds. The van der Waals surface area contributed by atoms with Crippen LogP contribution in [0.15, 0.2) is 58.8 Å². The summed E-state index contributed by atoms with van der Waals surface area (Å²) in [5.74, 6) is -0.346. The van der Waals surface area contributed by atoms with Gasteiger partial charge in [-0.05, 0) is 49.7 Å². The van der Waals surface area contributed by atoms with E-state index in [9.17, 15) is 14.1 Å². The van der Waals surface area contributed by atoms with E-state index >= 15 is 0 Å². The van der Waals surface area contributed by atoms with Crippen LogP contribution in [0.1, 0.15) is 45.6 Å². The van der Waals surface area contributed by atoms with E-state index in [1.165, 1.54) is 41.0 Å². The molecule has 1 aliphatic heterocycles. The average molecular weight is 596 g/mol. The van der Waals surface area contributed by atoms with E-state index in [2.05, 4.69) is 23.8 Å². The molecule has 0 aliphatic carbocycles. The summed E-state index contributed by atoms with van der Waals surface area (Å²) in [4.78, 5) is 37.0. The lowest BCUT2D eigenvalue weighted by molar-refractivity contribution is -0.117. The fourth-order valence-corrected chi connectivity index (χ4v) is 6.89. The number of rotatable bonds is 12. The highest BCUT2D eigenvalue weighted by Crippen LogP contribution is 2.32. The lowest BCUT2D eigenvalue weighted by Gasteiger charge is -2.33. The number of nitrogens with zero attached hydrogens (tertiary/aromatic N) is 5. The van der Waals surface area contributed by atoms with Gasteiger partial charge in [-0.3, -0.25) is 19.4 Å². The van der Waals surface area contributed by atoms with Gasteiger partial charge in [-0.15, -0.1) is 15.6 Å². The van der Waals surface area contributed by atoms with Gasteiger partial charge in [0.25, 0.3) is 5.91 Å². The Bertz CT molecular complexity index is 1290. The predicted octanol–water partition coefficient (Wildman–Crippen LogP) is 5.22. The highest BCUT2D eigenvalue weighted by molar-refractivity contribution is 7.93. The lowest BCUT2D eigenvalue weighted by Crippen LogP contribution is -2.47. The Morgan fingerprint density at radius 2 is 1.76 bits per heavy atom. The fourth-order valence-electron chi connectivity index (χ4n) is 4.86. The van der Waals surface area contributed by atoms with Crippen molar-refractivity contribution in [2.24, 2.45) is 0 Å². The second kappa shape index (κ2) is 14.9. The van der Waals surface area contributed by atoms with E-state index in [0.29, 0.717) is 28.0 Å². The number of thiazole rings is 1. The maximum absolute atomic E-state index is 13.5. The van der Waals surface area contributed by atoms with Gasteiger partial charge in [0.05, 0.1) is 11.4 Å². The van der Waals surface area contributed by atoms with Crippen LogP contribution in [0.4, 0.5) is 10.8 Å². The van der Waals surface area contributed by atoms with Crippen molar-refractivity contribution in [3.05, 3.63) is 59.5 Å². The van der Waals surface area contributed by atoms with Crippen LogP contribution < -0.4 is 9.21 Å². The molecule has 0 saturated carbocycles. The van der Waals surface area contributed by atoms with Crippen LogP contribution in [0.2, 0.25) is 0 Å². The quantitative estimate of drug-likeness (QED) is 0.211. The summed E-state index contributed by atoms with van der Waals surface area (Å²) in [6, 6.07) is 15.1. The van der Waals surface area contributed by atoms with Crippen LogP contribution in [-0.4, -0.2) is 77.5 Å². The van der Waals surface area contributed by atoms with Crippen LogP contribution in [0.5, 0.6) is 0 Å². The van der Waals surface area contributed by atoms with E-state index in [1.54, 1.807) is 17.9 Å². The standard InChI is InChI=1S/C31H41N5O3S2/c1-5-6-7-9-26-12-14-29(15-13-26)41(39)36(25(3)38)28-11-8-10-27(22-28)30-23-40-31(32-30)35(24(2)37)21-20-34-18-16-33(4)17-19-34/h8,10-15,22-23H,5-7,9,16-21H2,1-4H3. The number of piperazine rings is 1. The summed E-state index contributed by atoms with van der Waals surface area (Å²) < 4.78 is 14.9. The monoisotopic (exact) mass is 595 g/mol. The largest absolute Gasteiger partial charge is 0.587 e. The third kappa shape index (κ3) is 8.39. The van der Waals surface area contributed by atoms with Gasteiger partial charge in [0.1, 0.15) is 11.4 Å². The highest BCUT2D eigenvalue weighted by atomic mass is 32.2. The average Bonchev–Trinajstić information content (AvgIpc) is 3.44. The second-order valence-electron chi connectivity index (χ2n) is 10.5. The highest BCUT2D eigenvalue weighted by Gasteiger charge is 2.28. The van der Waals surface area contributed by atoms with E-state index in [1.807, 2.05) is 47.8 Å². The van der Waals surface area contributed by atoms with Crippen molar-refractivity contribution in [2.75, 3.05) is 55.5 Å². The molecule has 220 valence electrons. The van der Waals surface area contributed by atoms with Gasteiger partial charge in [0, 0.05) is 64.1 Å². The first-order chi connectivity index (χ1) is 19.8. The molecule has 4 rings (SSSR count). The summed E-state index contributed by atoms with van der Waals surface area (Å²) in [7, 11) is 2.13. The van der Waals surface area contributed by atoms with Gasteiger partial charge >= 0.3 is 0 Å². The summed E-state index contributed by atoms with van der Waals surface area (Å²) in [5, 5.41) is 2.57. The minimum absolute atomic E-state index is 0.0386. The molecule has 8 nitrogen and oxygen atoms in total. The van der Waals surface area contributed by atoms with Gasteiger partial charge in [0.2, 0.25) is 5.91 Å². The molecule has 3 aromatic rings. The van der Waals surface area contributed by atoms with Crippen molar-refractivity contribution < 1.29 is 14.1 Å². The van der Waals surface area contributed by atoms with Crippen molar-refractivity contribution in [3.8, 4) is 11.3 Å². The molecule has 0 radical (unpaired) electrons. The number of aryl methyl sites for hydroxylation is 1. The third-order valence-electron chi connectivity index (χ3n) is 7.36. The number of hydrogen-bond acceptors (Lipinski definition) is 7. The Kier molecular flexibility index (Phi) is 11.4. The number of unbranched alkanes of at least 4 members (excludes halogenated alkanes) is 2. The van der Waals surface area contributed by atoms with Gasteiger partial charge in [-0.1, -0.05) is 44.0 Å². The summed E-state index contributed by atoms with van der Waals surface area (Å²) in [5.41, 5.74) is 3.25. The van der Waals surface area contributed by atoms with Gasteiger partial charge in [-0.2, -0.15) is 0 Å². The first kappa shape index (κ1) is 31.2. The topological polar surface area (TPSA) is 83.0 Å². The van der Waals surface area contributed by atoms with E-state index in [4.69, 9.17) is 4.98 Å². The molecule has 2 aromatic carbocycles. The zero-order valence-corrected chi connectivity index (χ0v) is 26.2. The Morgan fingerprint density at radius 3 is 2.41 bits per heavy atom. The smallest absolute Gasteiger partial charge is 0.267 e. The van der Waals surface area contributed by atoms with Crippen LogP contribution in [0.3, 0.4) is 0 Å². The third-order valence-corrected chi connectivity index (χ3v) is 9.70. The normalized spacial score (nSPS) is 15.0. The Balaban J connectivity index is 1.48. The molecule has 1 atom stereocenters. The fraction of sp³-hybridized carbons (Fsp3) is 0.452. The number of aromatic nitrogens is 1. The number of amides is 2. The molecular formula is C31H41N5O3S2. The Labute approximate surface area is 251 Å². The number of benzene rings is 2. The molecule has 1 saturated heterocycles. The Morgan fingerprint density at radius 1 is 1.02 bits per heavy atom. The van der Waals surface area contributed by atoms with Crippen LogP contribution in [0, 0.1) is 0 Å². The number of anilines is 2. The molecule has 2 heterocycles. The maximum atomic E-state index is 13.5. The molecule has 1 aliphatic rings. The van der Waals surface area contributed by atoms with Gasteiger partial charge < -0.3 is 9.45 Å². The summed E-state index contributed by atoms with van der Waals surface area (Å²) in [6.45, 7) is 10.6. The maximum Gasteiger partial charge on any atom is 0.267 e. The molecule has 1 aromatic heterocycles. The van der Waals surface area contributed by atoms with Crippen molar-refractivity contribution >= 4 is 45.3 Å². The van der Waals surface area contributed by atoms with Crippen molar-refractivity contribution in [1.29, 1.82) is 0 Å². The Hall–Kier alpha value is -2.76. The molecule has 0 bridgehead atoms. The molecule has 41 heavy (non-hydrogen) atoms. The number of likely N-dealkylation sites (N-methyl/N-ethyl adjacent to an activating group) is 1. The van der Waals surface area contributed by atoms with E-state index in [0.717, 1.165) is 51.1 Å². The van der Waals surface area contributed by atoms with Crippen molar-refractivity contribution in [3.63, 3.8) is 0 Å². The molecule has 1 fully saturated rings. The zero-order chi connectivity index (χ0) is 29.4. The predicted molar refractivity (Wildman–Crippen MR) is 169 cm³/mol. The molecule has 0 spiro atoms. The van der Waals surface area contributed by atoms with Crippen molar-refractivity contribution in [2.45, 2.75) is 51.3 Å².